The number of benzene rings is 3. The van der Waals surface area contributed by atoms with Gasteiger partial charge in [0.25, 0.3) is 0 Å². The molecular weight excluding hydrogens is 456 g/mol. The van der Waals surface area contributed by atoms with Gasteiger partial charge in [-0.3, -0.25) is 24.6 Å². The molecule has 0 aliphatic carbocycles. The van der Waals surface area contributed by atoms with E-state index in [2.05, 4.69) is 5.32 Å². The molecule has 2 N–H and O–H groups in total. The van der Waals surface area contributed by atoms with Crippen LogP contribution in [0.5, 0.6) is 5.75 Å². The molecule has 0 spiro atoms. The molecule has 2 aliphatic heterocycles. The Balaban J connectivity index is 1.68. The number of methoxy groups -OCH3 is 1. The van der Waals surface area contributed by atoms with Crippen LogP contribution in [0.2, 0.25) is 0 Å². The van der Waals surface area contributed by atoms with Crippen molar-refractivity contribution in [1.82, 2.24) is 10.2 Å². The molecule has 0 saturated carbocycles. The normalized spacial score (nSPS) is 25.4. The minimum Gasteiger partial charge on any atom is -0.496 e. The molecule has 3 aromatic carbocycles. The van der Waals surface area contributed by atoms with Gasteiger partial charge < -0.3 is 9.84 Å². The van der Waals surface area contributed by atoms with E-state index in [-0.39, 0.29) is 12.3 Å². The summed E-state index contributed by atoms with van der Waals surface area (Å²) in [6.07, 6.45) is 1.60. The van der Waals surface area contributed by atoms with Crippen molar-refractivity contribution in [1.29, 1.82) is 0 Å². The van der Waals surface area contributed by atoms with Crippen LogP contribution >= 0.6 is 0 Å². The van der Waals surface area contributed by atoms with E-state index in [1.807, 2.05) is 73.7 Å². The second-order valence-electron chi connectivity index (χ2n) is 9.65. The van der Waals surface area contributed by atoms with Gasteiger partial charge in [-0.1, -0.05) is 74.0 Å². The third-order valence-electron chi connectivity index (χ3n) is 7.66. The van der Waals surface area contributed by atoms with Crippen LogP contribution in [0.1, 0.15) is 36.9 Å². The van der Waals surface area contributed by atoms with Gasteiger partial charge in [-0.2, -0.15) is 0 Å². The monoisotopic (exact) mass is 486 g/mol. The zero-order valence-corrected chi connectivity index (χ0v) is 20.4. The third kappa shape index (κ3) is 3.66. The summed E-state index contributed by atoms with van der Waals surface area (Å²) in [6.45, 7) is 2.30. The Morgan fingerprint density at radius 3 is 2.36 bits per heavy atom. The van der Waals surface area contributed by atoms with Crippen molar-refractivity contribution in [2.75, 3.05) is 13.7 Å². The summed E-state index contributed by atoms with van der Waals surface area (Å²) < 4.78 is 5.55. The van der Waals surface area contributed by atoms with Gasteiger partial charge in [0.2, 0.25) is 11.8 Å². The number of hydrogen-bond donors (Lipinski definition) is 2. The van der Waals surface area contributed by atoms with Crippen LogP contribution in [0.25, 0.3) is 10.8 Å². The van der Waals surface area contributed by atoms with Crippen molar-refractivity contribution < 1.29 is 24.2 Å². The van der Waals surface area contributed by atoms with Gasteiger partial charge in [0.1, 0.15) is 11.3 Å². The Hall–Kier alpha value is -3.71. The molecule has 0 bridgehead atoms. The van der Waals surface area contributed by atoms with Gasteiger partial charge in [0.05, 0.1) is 18.9 Å². The summed E-state index contributed by atoms with van der Waals surface area (Å²) in [7, 11) is 1.60. The number of nitrogens with one attached hydrogen (secondary N) is 1. The van der Waals surface area contributed by atoms with Crippen LogP contribution in [0.15, 0.2) is 66.7 Å². The van der Waals surface area contributed by atoms with Crippen molar-refractivity contribution >= 4 is 28.6 Å². The van der Waals surface area contributed by atoms with E-state index in [0.29, 0.717) is 18.7 Å². The van der Waals surface area contributed by atoms with Crippen LogP contribution in [-0.4, -0.2) is 47.0 Å². The summed E-state index contributed by atoms with van der Waals surface area (Å²) in [6, 6.07) is 20.0. The molecule has 36 heavy (non-hydrogen) atoms. The van der Waals surface area contributed by atoms with Gasteiger partial charge in [0, 0.05) is 24.4 Å². The second kappa shape index (κ2) is 9.39. The van der Waals surface area contributed by atoms with Crippen LogP contribution in [0.4, 0.5) is 0 Å². The SMILES string of the molecule is CCCCN1C(=O)C2C(c3ccc(OC)c4ccccc34)NC(Cc3ccccc3)(C(=O)O)C2C1=O. The number of fused-ring (bicyclic) bond motifs is 2. The van der Waals surface area contributed by atoms with E-state index in [1.54, 1.807) is 7.11 Å². The quantitative estimate of drug-likeness (QED) is 0.468. The molecule has 0 aromatic heterocycles. The third-order valence-corrected chi connectivity index (χ3v) is 7.66. The first-order valence-corrected chi connectivity index (χ1v) is 12.4. The topological polar surface area (TPSA) is 95.9 Å². The number of amides is 2. The predicted molar refractivity (Wildman–Crippen MR) is 135 cm³/mol. The standard InChI is InChI=1S/C29H30N2O5/c1-3-4-16-31-26(32)23-24(27(31)33)29(28(34)35,17-18-10-6-5-7-11-18)30-25(23)21-14-15-22(36-2)20-13-9-8-12-19(20)21/h5-15,23-25,30H,3-4,16-17H2,1-2H3,(H,34,35). The lowest BCUT2D eigenvalue weighted by atomic mass is 9.76. The molecule has 7 heteroatoms. The summed E-state index contributed by atoms with van der Waals surface area (Å²) in [5.74, 6) is -2.95. The number of likely N-dealkylation sites (tertiary alicyclic amines) is 1. The molecule has 186 valence electrons. The first-order valence-electron chi connectivity index (χ1n) is 12.4. The number of ether oxygens (including phenoxy) is 1. The molecule has 2 saturated heterocycles. The smallest absolute Gasteiger partial charge is 0.325 e. The maximum Gasteiger partial charge on any atom is 0.325 e. The highest BCUT2D eigenvalue weighted by atomic mass is 16.5. The van der Waals surface area contributed by atoms with Crippen LogP contribution in [0.3, 0.4) is 0 Å². The molecule has 4 unspecified atom stereocenters. The van der Waals surface area contributed by atoms with Crippen LogP contribution < -0.4 is 10.1 Å². The van der Waals surface area contributed by atoms with E-state index < -0.39 is 35.3 Å². The van der Waals surface area contributed by atoms with Crippen LogP contribution in [-0.2, 0) is 20.8 Å². The zero-order chi connectivity index (χ0) is 25.4. The van der Waals surface area contributed by atoms with Gasteiger partial charge in [-0.05, 0) is 29.0 Å². The largest absolute Gasteiger partial charge is 0.496 e. The molecule has 3 aromatic rings. The Labute approximate surface area is 210 Å². The lowest BCUT2D eigenvalue weighted by Crippen LogP contribution is -2.57. The number of unbranched alkanes of at least 4 members (excludes halogenated alkanes) is 1. The zero-order valence-electron chi connectivity index (χ0n) is 20.4. The Morgan fingerprint density at radius 1 is 1.00 bits per heavy atom. The van der Waals surface area contributed by atoms with Crippen molar-refractivity contribution in [3.8, 4) is 5.75 Å². The van der Waals surface area contributed by atoms with Crippen LogP contribution in [0, 0.1) is 11.8 Å². The molecule has 2 amide bonds. The average Bonchev–Trinajstić information content (AvgIpc) is 3.36. The number of carbonyl (C=O) groups excluding carboxylic acids is 2. The Bertz CT molecular complexity index is 1320. The summed E-state index contributed by atoms with van der Waals surface area (Å²) in [5.41, 5.74) is -0.0412. The lowest BCUT2D eigenvalue weighted by Gasteiger charge is -2.31. The number of hydrogen-bond acceptors (Lipinski definition) is 5. The lowest BCUT2D eigenvalue weighted by molar-refractivity contribution is -0.151. The van der Waals surface area contributed by atoms with E-state index in [1.165, 1.54) is 4.90 Å². The highest BCUT2D eigenvalue weighted by molar-refractivity contribution is 6.10. The van der Waals surface area contributed by atoms with Crippen molar-refractivity contribution in [3.63, 3.8) is 0 Å². The highest BCUT2D eigenvalue weighted by Crippen LogP contribution is 2.51. The molecule has 0 radical (unpaired) electrons. The number of aliphatic carboxylic acids is 1. The number of carboxylic acids is 1. The average molecular weight is 487 g/mol. The first kappa shape index (κ1) is 24.0. The second-order valence-corrected chi connectivity index (χ2v) is 9.65. The van der Waals surface area contributed by atoms with E-state index >= 15 is 0 Å². The fraction of sp³-hybridized carbons (Fsp3) is 0.345. The number of rotatable bonds is 8. The summed E-state index contributed by atoms with van der Waals surface area (Å²) >= 11 is 0. The van der Waals surface area contributed by atoms with E-state index in [0.717, 1.165) is 28.3 Å². The fourth-order valence-corrected chi connectivity index (χ4v) is 5.96. The van der Waals surface area contributed by atoms with Crippen molar-refractivity contribution in [3.05, 3.63) is 77.9 Å². The molecule has 5 rings (SSSR count). The number of carbonyl (C=O) groups is 3. The molecule has 7 nitrogen and oxygen atoms in total. The van der Waals surface area contributed by atoms with E-state index in [9.17, 15) is 19.5 Å². The molecular formula is C29H30N2O5. The number of imide groups is 1. The summed E-state index contributed by atoms with van der Waals surface area (Å²) in [5, 5.41) is 15.7. The minimum atomic E-state index is -1.62. The molecule has 2 heterocycles. The number of nitrogens with zero attached hydrogens (tertiary/aromatic N) is 1. The molecule has 2 aliphatic rings. The minimum absolute atomic E-state index is 0.0928. The van der Waals surface area contributed by atoms with E-state index in [4.69, 9.17) is 4.74 Å². The summed E-state index contributed by atoms with van der Waals surface area (Å²) in [4.78, 5) is 41.8. The van der Waals surface area contributed by atoms with Crippen molar-refractivity contribution in [2.45, 2.75) is 37.8 Å². The first-order chi connectivity index (χ1) is 17.4. The maximum absolute atomic E-state index is 13.8. The number of carboxylic acid groups (broad SMARTS) is 1. The predicted octanol–water partition coefficient (Wildman–Crippen LogP) is 3.96. The fourth-order valence-electron chi connectivity index (χ4n) is 5.96. The maximum atomic E-state index is 13.8. The van der Waals surface area contributed by atoms with Crippen molar-refractivity contribution in [2.24, 2.45) is 11.8 Å². The highest BCUT2D eigenvalue weighted by Gasteiger charge is 2.68. The van der Waals surface area contributed by atoms with Gasteiger partial charge in [-0.15, -0.1) is 0 Å². The van der Waals surface area contributed by atoms with Gasteiger partial charge >= 0.3 is 5.97 Å². The van der Waals surface area contributed by atoms with Gasteiger partial charge in [0.15, 0.2) is 0 Å². The Morgan fingerprint density at radius 2 is 1.69 bits per heavy atom. The Kier molecular flexibility index (Phi) is 6.26. The van der Waals surface area contributed by atoms with Gasteiger partial charge in [-0.25, -0.2) is 0 Å². The molecule has 2 fully saturated rings. The molecule has 4 atom stereocenters.